The molecule has 0 spiro atoms. The Labute approximate surface area is 138 Å². The Hall–Kier alpha value is -1.41. The molecule has 2 N–H and O–H groups in total. The number of anilines is 2. The third-order valence-electron chi connectivity index (χ3n) is 3.73. The number of rotatable bonds is 8. The Balaban J connectivity index is 1.88. The molecule has 0 bridgehead atoms. The standard InChI is InChI=1S/C15H27N5O2S/c1-3-11-23(21,22)17-8-7-16-14-12-15(19-13(2)18-14)20-9-5-4-6-10-20/h12,17H,3-11H2,1-2H3,(H,16,18,19). The van der Waals surface area contributed by atoms with Crippen LogP contribution in [0.2, 0.25) is 0 Å². The van der Waals surface area contributed by atoms with Gasteiger partial charge in [-0.25, -0.2) is 23.1 Å². The molecule has 2 rings (SSSR count). The maximum atomic E-state index is 11.6. The van der Waals surface area contributed by atoms with E-state index < -0.39 is 10.0 Å². The minimum Gasteiger partial charge on any atom is -0.369 e. The Bertz CT molecular complexity index is 600. The van der Waals surface area contributed by atoms with Crippen LogP contribution in [0.1, 0.15) is 38.4 Å². The van der Waals surface area contributed by atoms with E-state index in [1.54, 1.807) is 0 Å². The van der Waals surface area contributed by atoms with Gasteiger partial charge in [-0.1, -0.05) is 6.92 Å². The monoisotopic (exact) mass is 341 g/mol. The summed E-state index contributed by atoms with van der Waals surface area (Å²) in [6.07, 6.45) is 4.30. The van der Waals surface area contributed by atoms with Crippen LogP contribution < -0.4 is 14.9 Å². The van der Waals surface area contributed by atoms with Crippen molar-refractivity contribution in [2.75, 3.05) is 42.1 Å². The fraction of sp³-hybridized carbons (Fsp3) is 0.733. The second kappa shape index (κ2) is 8.44. The third-order valence-corrected chi connectivity index (χ3v) is 5.32. The van der Waals surface area contributed by atoms with Gasteiger partial charge in [0.05, 0.1) is 5.75 Å². The van der Waals surface area contributed by atoms with Gasteiger partial charge in [-0.3, -0.25) is 0 Å². The van der Waals surface area contributed by atoms with Crippen molar-refractivity contribution < 1.29 is 8.42 Å². The Kier molecular flexibility index (Phi) is 6.59. The van der Waals surface area contributed by atoms with Crippen LogP contribution in [0.15, 0.2) is 6.07 Å². The highest BCUT2D eigenvalue weighted by Crippen LogP contribution is 2.20. The van der Waals surface area contributed by atoms with Gasteiger partial charge in [0, 0.05) is 32.2 Å². The molecule has 8 heteroatoms. The smallest absolute Gasteiger partial charge is 0.211 e. The zero-order chi connectivity index (χ0) is 16.7. The molecule has 1 aliphatic heterocycles. The van der Waals surface area contributed by atoms with Crippen LogP contribution in [0.4, 0.5) is 11.6 Å². The number of sulfonamides is 1. The number of hydrogen-bond acceptors (Lipinski definition) is 6. The lowest BCUT2D eigenvalue weighted by molar-refractivity contribution is 0.572. The van der Waals surface area contributed by atoms with Gasteiger partial charge in [0.25, 0.3) is 0 Å². The third kappa shape index (κ3) is 5.95. The average molecular weight is 341 g/mol. The molecule has 130 valence electrons. The molecule has 23 heavy (non-hydrogen) atoms. The highest BCUT2D eigenvalue weighted by Gasteiger charge is 2.14. The minimum absolute atomic E-state index is 0.165. The Morgan fingerprint density at radius 3 is 2.61 bits per heavy atom. The molecule has 1 aromatic rings. The van der Waals surface area contributed by atoms with Crippen LogP contribution in [-0.2, 0) is 10.0 Å². The first-order chi connectivity index (χ1) is 11.0. The molecular weight excluding hydrogens is 314 g/mol. The predicted molar refractivity (Wildman–Crippen MR) is 93.4 cm³/mol. The Morgan fingerprint density at radius 2 is 1.91 bits per heavy atom. The van der Waals surface area contributed by atoms with Gasteiger partial charge in [-0.05, 0) is 32.6 Å². The zero-order valence-corrected chi connectivity index (χ0v) is 14.8. The number of piperidine rings is 1. The SMILES string of the molecule is CCCS(=O)(=O)NCCNc1cc(N2CCCCC2)nc(C)n1. The first kappa shape index (κ1) is 17.9. The number of nitrogens with zero attached hydrogens (tertiary/aromatic N) is 3. The number of aryl methyl sites for hydroxylation is 1. The van der Waals surface area contributed by atoms with Crippen LogP contribution in [0.25, 0.3) is 0 Å². The Morgan fingerprint density at radius 1 is 1.17 bits per heavy atom. The summed E-state index contributed by atoms with van der Waals surface area (Å²) in [5.41, 5.74) is 0. The number of hydrogen-bond donors (Lipinski definition) is 2. The second-order valence-electron chi connectivity index (χ2n) is 5.85. The van der Waals surface area contributed by atoms with Crippen LogP contribution in [-0.4, -0.2) is 50.3 Å². The van der Waals surface area contributed by atoms with Crippen molar-refractivity contribution in [2.24, 2.45) is 0 Å². The van der Waals surface area contributed by atoms with Crippen molar-refractivity contribution in [1.82, 2.24) is 14.7 Å². The maximum absolute atomic E-state index is 11.6. The molecule has 1 saturated heterocycles. The molecule has 1 aromatic heterocycles. The molecule has 1 aliphatic rings. The molecule has 0 unspecified atom stereocenters. The van der Waals surface area contributed by atoms with Gasteiger partial charge in [0.15, 0.2) is 0 Å². The largest absolute Gasteiger partial charge is 0.369 e. The highest BCUT2D eigenvalue weighted by atomic mass is 32.2. The quantitative estimate of drug-likeness (QED) is 0.697. The first-order valence-corrected chi connectivity index (χ1v) is 9.97. The summed E-state index contributed by atoms with van der Waals surface area (Å²) >= 11 is 0. The molecule has 1 fully saturated rings. The second-order valence-corrected chi connectivity index (χ2v) is 7.77. The fourth-order valence-corrected chi connectivity index (χ4v) is 3.76. The number of nitrogens with one attached hydrogen (secondary N) is 2. The van der Waals surface area contributed by atoms with E-state index in [-0.39, 0.29) is 5.75 Å². The lowest BCUT2D eigenvalue weighted by Crippen LogP contribution is -2.31. The van der Waals surface area contributed by atoms with Gasteiger partial charge in [0.1, 0.15) is 17.5 Å². The summed E-state index contributed by atoms with van der Waals surface area (Å²) in [5, 5.41) is 3.17. The molecule has 7 nitrogen and oxygen atoms in total. The molecule has 0 radical (unpaired) electrons. The van der Waals surface area contributed by atoms with Crippen molar-refractivity contribution >= 4 is 21.7 Å². The molecule has 0 atom stereocenters. The summed E-state index contributed by atoms with van der Waals surface area (Å²) < 4.78 is 25.7. The fourth-order valence-electron chi connectivity index (χ4n) is 2.67. The van der Waals surface area contributed by atoms with E-state index in [4.69, 9.17) is 0 Å². The zero-order valence-electron chi connectivity index (χ0n) is 14.0. The van der Waals surface area contributed by atoms with Crippen molar-refractivity contribution in [3.63, 3.8) is 0 Å². The summed E-state index contributed by atoms with van der Waals surface area (Å²) in [6.45, 7) is 6.65. The molecular formula is C15H27N5O2S. The van der Waals surface area contributed by atoms with E-state index in [9.17, 15) is 8.42 Å². The van der Waals surface area contributed by atoms with E-state index in [2.05, 4.69) is 24.9 Å². The lowest BCUT2D eigenvalue weighted by atomic mass is 10.1. The summed E-state index contributed by atoms with van der Waals surface area (Å²) in [6, 6.07) is 1.94. The van der Waals surface area contributed by atoms with Gasteiger partial charge < -0.3 is 10.2 Å². The van der Waals surface area contributed by atoms with Crippen molar-refractivity contribution in [2.45, 2.75) is 39.5 Å². The van der Waals surface area contributed by atoms with E-state index in [0.717, 1.165) is 30.5 Å². The molecule has 0 amide bonds. The molecule has 0 aliphatic carbocycles. The van der Waals surface area contributed by atoms with Gasteiger partial charge in [-0.2, -0.15) is 0 Å². The predicted octanol–water partition coefficient (Wildman–Crippen LogP) is 1.52. The summed E-state index contributed by atoms with van der Waals surface area (Å²) in [5.74, 6) is 2.58. The van der Waals surface area contributed by atoms with E-state index >= 15 is 0 Å². The average Bonchev–Trinajstić information content (AvgIpc) is 2.52. The topological polar surface area (TPSA) is 87.2 Å². The van der Waals surface area contributed by atoms with Crippen LogP contribution in [0, 0.1) is 6.92 Å². The molecule has 0 aromatic carbocycles. The highest BCUT2D eigenvalue weighted by molar-refractivity contribution is 7.89. The molecule has 0 saturated carbocycles. The van der Waals surface area contributed by atoms with Crippen LogP contribution in [0.5, 0.6) is 0 Å². The lowest BCUT2D eigenvalue weighted by Gasteiger charge is -2.28. The van der Waals surface area contributed by atoms with Crippen molar-refractivity contribution in [3.8, 4) is 0 Å². The maximum Gasteiger partial charge on any atom is 0.211 e. The van der Waals surface area contributed by atoms with Crippen LogP contribution in [0.3, 0.4) is 0 Å². The summed E-state index contributed by atoms with van der Waals surface area (Å²) in [4.78, 5) is 11.2. The molecule has 2 heterocycles. The van der Waals surface area contributed by atoms with Gasteiger partial charge >= 0.3 is 0 Å². The van der Waals surface area contributed by atoms with E-state index in [1.807, 2.05) is 19.9 Å². The van der Waals surface area contributed by atoms with Crippen molar-refractivity contribution in [3.05, 3.63) is 11.9 Å². The summed E-state index contributed by atoms with van der Waals surface area (Å²) in [7, 11) is -3.15. The van der Waals surface area contributed by atoms with Gasteiger partial charge in [-0.15, -0.1) is 0 Å². The van der Waals surface area contributed by atoms with Gasteiger partial charge in [0.2, 0.25) is 10.0 Å². The minimum atomic E-state index is -3.15. The van der Waals surface area contributed by atoms with Crippen LogP contribution >= 0.6 is 0 Å². The first-order valence-electron chi connectivity index (χ1n) is 8.32. The van der Waals surface area contributed by atoms with E-state index in [0.29, 0.717) is 19.5 Å². The van der Waals surface area contributed by atoms with Crippen molar-refractivity contribution in [1.29, 1.82) is 0 Å². The normalized spacial score (nSPS) is 15.7. The number of aromatic nitrogens is 2. The van der Waals surface area contributed by atoms with E-state index in [1.165, 1.54) is 19.3 Å².